The molecule has 0 saturated carbocycles. The van der Waals surface area contributed by atoms with Crippen LogP contribution >= 0.6 is 0 Å². The van der Waals surface area contributed by atoms with E-state index in [9.17, 15) is 9.18 Å². The number of nitrogens with one attached hydrogen (secondary N) is 1. The minimum atomic E-state index is -0.895. The van der Waals surface area contributed by atoms with E-state index in [4.69, 9.17) is 14.6 Å². The van der Waals surface area contributed by atoms with Gasteiger partial charge in [0.25, 0.3) is 0 Å². The van der Waals surface area contributed by atoms with Crippen LogP contribution in [0, 0.1) is 5.82 Å². The van der Waals surface area contributed by atoms with Gasteiger partial charge in [0.05, 0.1) is 20.1 Å². The molecule has 0 amide bonds. The summed E-state index contributed by atoms with van der Waals surface area (Å²) in [5, 5.41) is 12.0. The molecular formula is C14H20FNO4. The van der Waals surface area contributed by atoms with Gasteiger partial charge in [-0.15, -0.1) is 0 Å². The van der Waals surface area contributed by atoms with Gasteiger partial charge in [0.2, 0.25) is 0 Å². The molecule has 6 heteroatoms. The Labute approximate surface area is 117 Å². The van der Waals surface area contributed by atoms with E-state index in [0.717, 1.165) is 5.56 Å². The Balaban J connectivity index is 2.67. The summed E-state index contributed by atoms with van der Waals surface area (Å²) in [5.74, 6) is -1.17. The van der Waals surface area contributed by atoms with Crippen LogP contribution in [0.5, 0.6) is 5.75 Å². The van der Waals surface area contributed by atoms with Gasteiger partial charge >= 0.3 is 5.97 Å². The van der Waals surface area contributed by atoms with Crippen LogP contribution in [0.1, 0.15) is 12.0 Å². The summed E-state index contributed by atoms with van der Waals surface area (Å²) in [6.45, 7) is 1.04. The smallest absolute Gasteiger partial charge is 0.304 e. The van der Waals surface area contributed by atoms with Crippen LogP contribution in [0.3, 0.4) is 0 Å². The van der Waals surface area contributed by atoms with E-state index in [0.29, 0.717) is 19.6 Å². The van der Waals surface area contributed by atoms with Gasteiger partial charge in [0.15, 0.2) is 11.6 Å². The van der Waals surface area contributed by atoms with E-state index in [1.807, 2.05) is 0 Å². The standard InChI is InChI=1S/C14H20FNO4/c1-19-6-5-16-11(9-14(17)18)7-10-3-4-13(20-2)12(15)8-10/h3-4,8,11,16H,5-7,9H2,1-2H3,(H,17,18). The van der Waals surface area contributed by atoms with Crippen LogP contribution in [-0.4, -0.2) is 44.5 Å². The summed E-state index contributed by atoms with van der Waals surface area (Å²) in [7, 11) is 2.98. The quantitative estimate of drug-likeness (QED) is 0.672. The zero-order chi connectivity index (χ0) is 15.0. The normalized spacial score (nSPS) is 12.2. The third-order valence-electron chi connectivity index (χ3n) is 2.86. The van der Waals surface area contributed by atoms with Crippen molar-refractivity contribution in [2.24, 2.45) is 0 Å². The Morgan fingerprint density at radius 2 is 2.20 bits per heavy atom. The lowest BCUT2D eigenvalue weighted by atomic mass is 10.0. The molecule has 1 rings (SSSR count). The van der Waals surface area contributed by atoms with Crippen molar-refractivity contribution in [1.29, 1.82) is 0 Å². The summed E-state index contributed by atoms with van der Waals surface area (Å²) < 4.78 is 23.3. The van der Waals surface area contributed by atoms with E-state index in [1.54, 1.807) is 13.2 Å². The lowest BCUT2D eigenvalue weighted by Crippen LogP contribution is -2.35. The predicted octanol–water partition coefficient (Wildman–Crippen LogP) is 1.46. The molecule has 2 N–H and O–H groups in total. The molecule has 1 atom stereocenters. The van der Waals surface area contributed by atoms with Gasteiger partial charge < -0.3 is 19.9 Å². The first-order valence-corrected chi connectivity index (χ1v) is 6.33. The molecule has 0 aliphatic carbocycles. The second-order valence-corrected chi connectivity index (χ2v) is 4.41. The highest BCUT2D eigenvalue weighted by Gasteiger charge is 2.14. The van der Waals surface area contributed by atoms with E-state index in [-0.39, 0.29) is 18.2 Å². The SMILES string of the molecule is COCCNC(CC(=O)O)Cc1ccc(OC)c(F)c1. The molecule has 0 aliphatic heterocycles. The van der Waals surface area contributed by atoms with E-state index >= 15 is 0 Å². The van der Waals surface area contributed by atoms with Gasteiger partial charge in [-0.1, -0.05) is 6.07 Å². The highest BCUT2D eigenvalue weighted by atomic mass is 19.1. The lowest BCUT2D eigenvalue weighted by molar-refractivity contribution is -0.137. The molecule has 0 spiro atoms. The molecule has 0 bridgehead atoms. The largest absolute Gasteiger partial charge is 0.494 e. The van der Waals surface area contributed by atoms with Gasteiger partial charge in [-0.05, 0) is 24.1 Å². The molecule has 0 saturated heterocycles. The number of rotatable bonds is 9. The Kier molecular flexibility index (Phi) is 6.97. The maximum atomic E-state index is 13.6. The van der Waals surface area contributed by atoms with Gasteiger partial charge in [0, 0.05) is 19.7 Å². The lowest BCUT2D eigenvalue weighted by Gasteiger charge is -2.17. The summed E-state index contributed by atoms with van der Waals surface area (Å²) in [4.78, 5) is 10.8. The number of methoxy groups -OCH3 is 2. The average Bonchev–Trinajstić information content (AvgIpc) is 2.38. The highest BCUT2D eigenvalue weighted by Crippen LogP contribution is 2.19. The zero-order valence-electron chi connectivity index (χ0n) is 11.7. The number of carboxylic acid groups (broad SMARTS) is 1. The second-order valence-electron chi connectivity index (χ2n) is 4.41. The highest BCUT2D eigenvalue weighted by molar-refractivity contribution is 5.67. The number of halogens is 1. The summed E-state index contributed by atoms with van der Waals surface area (Å²) in [6.07, 6.45) is 0.397. The maximum absolute atomic E-state index is 13.6. The fourth-order valence-corrected chi connectivity index (χ4v) is 1.91. The molecule has 0 radical (unpaired) electrons. The molecule has 0 heterocycles. The zero-order valence-corrected chi connectivity index (χ0v) is 11.7. The molecule has 1 aromatic carbocycles. The molecule has 0 fully saturated rings. The second kappa shape index (κ2) is 8.50. The summed E-state index contributed by atoms with van der Waals surface area (Å²) in [6, 6.07) is 4.37. The van der Waals surface area contributed by atoms with Crippen LogP contribution in [0.2, 0.25) is 0 Å². The van der Waals surface area contributed by atoms with Gasteiger partial charge in [-0.3, -0.25) is 4.79 Å². The minimum absolute atomic E-state index is 0.0304. The van der Waals surface area contributed by atoms with Crippen molar-refractivity contribution in [2.75, 3.05) is 27.4 Å². The third-order valence-corrected chi connectivity index (χ3v) is 2.86. The Morgan fingerprint density at radius 1 is 1.45 bits per heavy atom. The molecule has 20 heavy (non-hydrogen) atoms. The van der Waals surface area contributed by atoms with Crippen molar-refractivity contribution in [3.05, 3.63) is 29.6 Å². The number of aliphatic carboxylic acids is 1. The number of hydrogen-bond acceptors (Lipinski definition) is 4. The van der Waals surface area contributed by atoms with Crippen molar-refractivity contribution in [3.8, 4) is 5.75 Å². The monoisotopic (exact) mass is 285 g/mol. The average molecular weight is 285 g/mol. The number of benzene rings is 1. The van der Waals surface area contributed by atoms with Gasteiger partial charge in [-0.2, -0.15) is 0 Å². The van der Waals surface area contributed by atoms with Crippen LogP contribution in [0.4, 0.5) is 4.39 Å². The Bertz CT molecular complexity index is 439. The van der Waals surface area contributed by atoms with Crippen LogP contribution in [-0.2, 0) is 16.0 Å². The minimum Gasteiger partial charge on any atom is -0.494 e. The molecule has 0 aliphatic rings. The fourth-order valence-electron chi connectivity index (χ4n) is 1.91. The first-order chi connectivity index (χ1) is 9.56. The van der Waals surface area contributed by atoms with Crippen LogP contribution in [0.25, 0.3) is 0 Å². The first-order valence-electron chi connectivity index (χ1n) is 6.33. The molecule has 0 aromatic heterocycles. The number of carboxylic acids is 1. The summed E-state index contributed by atoms with van der Waals surface area (Å²) in [5.41, 5.74) is 0.722. The Morgan fingerprint density at radius 3 is 2.75 bits per heavy atom. The van der Waals surface area contributed by atoms with Crippen molar-refractivity contribution >= 4 is 5.97 Å². The van der Waals surface area contributed by atoms with Crippen molar-refractivity contribution in [2.45, 2.75) is 18.9 Å². The molecule has 1 unspecified atom stereocenters. The summed E-state index contributed by atoms with van der Waals surface area (Å²) >= 11 is 0. The van der Waals surface area contributed by atoms with Crippen LogP contribution < -0.4 is 10.1 Å². The van der Waals surface area contributed by atoms with E-state index < -0.39 is 11.8 Å². The van der Waals surface area contributed by atoms with Crippen molar-refractivity contribution < 1.29 is 23.8 Å². The molecule has 112 valence electrons. The number of hydrogen-bond donors (Lipinski definition) is 2. The third kappa shape index (κ3) is 5.54. The topological polar surface area (TPSA) is 67.8 Å². The van der Waals surface area contributed by atoms with Crippen LogP contribution in [0.15, 0.2) is 18.2 Å². The predicted molar refractivity (Wildman–Crippen MR) is 72.6 cm³/mol. The number of carbonyl (C=O) groups is 1. The van der Waals surface area contributed by atoms with E-state index in [1.165, 1.54) is 19.2 Å². The molecule has 5 nitrogen and oxygen atoms in total. The van der Waals surface area contributed by atoms with Gasteiger partial charge in [0.1, 0.15) is 0 Å². The van der Waals surface area contributed by atoms with E-state index in [2.05, 4.69) is 5.32 Å². The number of ether oxygens (including phenoxy) is 2. The Hall–Kier alpha value is -1.66. The molecular weight excluding hydrogens is 265 g/mol. The van der Waals surface area contributed by atoms with Crippen molar-refractivity contribution in [3.63, 3.8) is 0 Å². The molecule has 1 aromatic rings. The van der Waals surface area contributed by atoms with Crippen molar-refractivity contribution in [1.82, 2.24) is 5.32 Å². The van der Waals surface area contributed by atoms with Gasteiger partial charge in [-0.25, -0.2) is 4.39 Å². The maximum Gasteiger partial charge on any atom is 0.304 e. The first kappa shape index (κ1) is 16.4. The fraction of sp³-hybridized carbons (Fsp3) is 0.500.